The minimum Gasteiger partial charge on any atom is -0.493 e. The van der Waals surface area contributed by atoms with Gasteiger partial charge in [0.25, 0.3) is 0 Å². The van der Waals surface area contributed by atoms with Crippen LogP contribution < -0.4 is 10.1 Å². The molecule has 0 spiro atoms. The maximum Gasteiger partial charge on any atom is 0.419 e. The summed E-state index contributed by atoms with van der Waals surface area (Å²) in [6.45, 7) is 15.8. The van der Waals surface area contributed by atoms with Crippen LogP contribution in [-0.2, 0) is 12.7 Å². The van der Waals surface area contributed by atoms with Gasteiger partial charge in [-0.3, -0.25) is 4.90 Å². The first-order valence-electron chi connectivity index (χ1n) is 14.6. The van der Waals surface area contributed by atoms with Crippen molar-refractivity contribution in [2.45, 2.75) is 53.4 Å². The molecule has 0 aliphatic carbocycles. The van der Waals surface area contributed by atoms with Gasteiger partial charge in [0.2, 0.25) is 5.95 Å². The van der Waals surface area contributed by atoms with Gasteiger partial charge in [-0.2, -0.15) is 13.2 Å². The Morgan fingerprint density at radius 2 is 1.72 bits per heavy atom. The first-order valence-corrected chi connectivity index (χ1v) is 14.6. The van der Waals surface area contributed by atoms with Gasteiger partial charge in [-0.05, 0) is 52.4 Å². The van der Waals surface area contributed by atoms with Crippen LogP contribution in [0.1, 0.15) is 50.7 Å². The van der Waals surface area contributed by atoms with E-state index < -0.39 is 23.3 Å². The highest BCUT2D eigenvalue weighted by Gasteiger charge is 2.36. The molecule has 0 radical (unpaired) electrons. The Morgan fingerprint density at radius 1 is 1.00 bits per heavy atom. The Hall–Kier alpha value is -3.77. The summed E-state index contributed by atoms with van der Waals surface area (Å²) in [6.07, 6.45) is -4.02. The maximum absolute atomic E-state index is 15.2. The number of likely N-dealkylation sites (N-methyl/N-ethyl adjacent to an activating group) is 1. The summed E-state index contributed by atoms with van der Waals surface area (Å²) < 4.78 is 65.2. The quantitative estimate of drug-likeness (QED) is 0.212. The van der Waals surface area contributed by atoms with Gasteiger partial charge in [0.15, 0.2) is 5.82 Å². The van der Waals surface area contributed by atoms with Crippen molar-refractivity contribution < 1.29 is 22.3 Å². The summed E-state index contributed by atoms with van der Waals surface area (Å²) in [5, 5.41) is 3.02. The Kier molecular flexibility index (Phi) is 8.89. The number of benzene rings is 2. The second-order valence-electron chi connectivity index (χ2n) is 11.0. The molecule has 4 aromatic rings. The predicted molar refractivity (Wildman–Crippen MR) is 159 cm³/mol. The van der Waals surface area contributed by atoms with Crippen molar-refractivity contribution in [2.75, 3.05) is 44.6 Å². The fraction of sp³-hybridized carbons (Fsp3) is 0.452. The van der Waals surface area contributed by atoms with Crippen molar-refractivity contribution >= 4 is 22.7 Å². The van der Waals surface area contributed by atoms with Crippen molar-refractivity contribution in [3.05, 3.63) is 59.3 Å². The average Bonchev–Trinajstić information content (AvgIpc) is 3.31. The summed E-state index contributed by atoms with van der Waals surface area (Å²) in [5.74, 6) is 0.480. The van der Waals surface area contributed by atoms with Gasteiger partial charge in [0.1, 0.15) is 22.7 Å². The molecule has 1 aliphatic rings. The number of rotatable bonds is 9. The second-order valence-corrected chi connectivity index (χ2v) is 11.0. The van der Waals surface area contributed by atoms with E-state index in [0.29, 0.717) is 29.4 Å². The molecule has 2 aromatic heterocycles. The first-order chi connectivity index (χ1) is 20.5. The van der Waals surface area contributed by atoms with Crippen LogP contribution in [0.15, 0.2) is 36.5 Å². The van der Waals surface area contributed by atoms with E-state index in [1.54, 1.807) is 17.6 Å². The molecule has 3 heterocycles. The average molecular weight is 600 g/mol. The fourth-order valence-electron chi connectivity index (χ4n) is 5.61. The standard InChI is InChI=1S/C31H37F4N7O/c1-6-40-10-12-41(13-11-40)18-21-8-9-23(16-27(21)43-7-2)38-30-36-17-24(31(33,34)35)28(39-30)22-14-25(32)29-26(15-22)42(19(3)4)20(5)37-29/h8-9,14-17,19H,6-7,10-13,18H2,1-5H3,(H,36,38,39). The van der Waals surface area contributed by atoms with Crippen LogP contribution in [0.5, 0.6) is 5.75 Å². The minimum atomic E-state index is -4.75. The van der Waals surface area contributed by atoms with Crippen LogP contribution in [-0.4, -0.2) is 68.6 Å². The van der Waals surface area contributed by atoms with Crippen molar-refractivity contribution in [2.24, 2.45) is 0 Å². The number of hydrogen-bond donors (Lipinski definition) is 1. The Labute approximate surface area is 248 Å². The molecule has 5 rings (SSSR count). The van der Waals surface area contributed by atoms with Gasteiger partial charge in [-0.1, -0.05) is 13.0 Å². The van der Waals surface area contributed by atoms with Gasteiger partial charge < -0.3 is 19.5 Å². The van der Waals surface area contributed by atoms with Gasteiger partial charge in [0, 0.05) is 67.8 Å². The van der Waals surface area contributed by atoms with E-state index in [1.165, 1.54) is 6.07 Å². The molecule has 0 atom stereocenters. The van der Waals surface area contributed by atoms with Crippen LogP contribution in [0.4, 0.5) is 29.2 Å². The lowest BCUT2D eigenvalue weighted by molar-refractivity contribution is -0.137. The molecule has 0 saturated carbocycles. The van der Waals surface area contributed by atoms with Gasteiger partial charge in [-0.15, -0.1) is 0 Å². The first kappa shape index (κ1) is 30.7. The normalized spacial score (nSPS) is 15.0. The predicted octanol–water partition coefficient (Wildman–Crippen LogP) is 6.82. The molecule has 0 bridgehead atoms. The fourth-order valence-corrected chi connectivity index (χ4v) is 5.61. The molecule has 2 aromatic carbocycles. The third-order valence-electron chi connectivity index (χ3n) is 7.74. The third kappa shape index (κ3) is 6.59. The Morgan fingerprint density at radius 3 is 2.37 bits per heavy atom. The molecule has 0 amide bonds. The van der Waals surface area contributed by atoms with Crippen molar-refractivity contribution in [3.8, 4) is 17.0 Å². The zero-order valence-electron chi connectivity index (χ0n) is 25.1. The van der Waals surface area contributed by atoms with Crippen LogP contribution in [0.25, 0.3) is 22.3 Å². The highest BCUT2D eigenvalue weighted by Crippen LogP contribution is 2.38. The molecular formula is C31H37F4N7O. The van der Waals surface area contributed by atoms with Crippen molar-refractivity contribution in [1.82, 2.24) is 29.3 Å². The van der Waals surface area contributed by atoms with Gasteiger partial charge in [0.05, 0.1) is 17.8 Å². The number of halogens is 4. The molecule has 1 saturated heterocycles. The SMILES string of the molecule is CCOc1cc(Nc2ncc(C(F)(F)F)c(-c3cc(F)c4nc(C)n(C(C)C)c4c3)n2)ccc1CN1CCN(CC)CC1. The number of nitrogens with one attached hydrogen (secondary N) is 1. The molecule has 12 heteroatoms. The van der Waals surface area contributed by atoms with Crippen LogP contribution in [0, 0.1) is 12.7 Å². The molecule has 0 unspecified atom stereocenters. The van der Waals surface area contributed by atoms with E-state index in [2.05, 4.69) is 37.0 Å². The maximum atomic E-state index is 15.2. The largest absolute Gasteiger partial charge is 0.493 e. The number of alkyl halides is 3. The van der Waals surface area contributed by atoms with Crippen LogP contribution in [0.3, 0.4) is 0 Å². The molecule has 230 valence electrons. The van der Waals surface area contributed by atoms with Crippen LogP contribution >= 0.6 is 0 Å². The van der Waals surface area contributed by atoms with E-state index >= 15 is 4.39 Å². The summed E-state index contributed by atoms with van der Waals surface area (Å²) in [7, 11) is 0. The smallest absolute Gasteiger partial charge is 0.419 e. The number of aryl methyl sites for hydroxylation is 1. The highest BCUT2D eigenvalue weighted by molar-refractivity contribution is 5.83. The second kappa shape index (κ2) is 12.5. The van der Waals surface area contributed by atoms with E-state index in [1.807, 2.05) is 32.9 Å². The lowest BCUT2D eigenvalue weighted by atomic mass is 10.1. The Bertz CT molecular complexity index is 1590. The highest BCUT2D eigenvalue weighted by atomic mass is 19.4. The number of ether oxygens (including phenoxy) is 1. The number of piperazine rings is 1. The number of aromatic nitrogens is 4. The topological polar surface area (TPSA) is 71.3 Å². The Balaban J connectivity index is 1.48. The molecule has 8 nitrogen and oxygen atoms in total. The van der Waals surface area contributed by atoms with E-state index in [9.17, 15) is 13.2 Å². The number of anilines is 2. The number of nitrogens with zero attached hydrogens (tertiary/aromatic N) is 6. The van der Waals surface area contributed by atoms with Gasteiger partial charge in [-0.25, -0.2) is 19.3 Å². The molecular weight excluding hydrogens is 562 g/mol. The van der Waals surface area contributed by atoms with Crippen molar-refractivity contribution in [3.63, 3.8) is 0 Å². The van der Waals surface area contributed by atoms with Crippen LogP contribution in [0.2, 0.25) is 0 Å². The van der Waals surface area contributed by atoms with E-state index in [4.69, 9.17) is 4.74 Å². The minimum absolute atomic E-state index is 0.0156. The lowest BCUT2D eigenvalue weighted by Crippen LogP contribution is -2.45. The van der Waals surface area contributed by atoms with Gasteiger partial charge >= 0.3 is 6.18 Å². The molecule has 1 N–H and O–H groups in total. The summed E-state index contributed by atoms with van der Waals surface area (Å²) in [5.41, 5.74) is 0.586. The number of hydrogen-bond acceptors (Lipinski definition) is 7. The molecule has 43 heavy (non-hydrogen) atoms. The molecule has 1 fully saturated rings. The van der Waals surface area contributed by atoms with E-state index in [-0.39, 0.29) is 23.1 Å². The van der Waals surface area contributed by atoms with E-state index in [0.717, 1.165) is 57.1 Å². The zero-order chi connectivity index (χ0) is 30.9. The summed E-state index contributed by atoms with van der Waals surface area (Å²) in [6, 6.07) is 8.05. The lowest BCUT2D eigenvalue weighted by Gasteiger charge is -2.34. The third-order valence-corrected chi connectivity index (χ3v) is 7.74. The summed E-state index contributed by atoms with van der Waals surface area (Å²) >= 11 is 0. The zero-order valence-corrected chi connectivity index (χ0v) is 25.1. The van der Waals surface area contributed by atoms with Crippen molar-refractivity contribution in [1.29, 1.82) is 0 Å². The molecule has 1 aliphatic heterocycles. The monoisotopic (exact) mass is 599 g/mol. The summed E-state index contributed by atoms with van der Waals surface area (Å²) in [4.78, 5) is 17.3. The number of imidazole rings is 1. The number of fused-ring (bicyclic) bond motifs is 1.